The molecule has 2 aliphatic carbocycles. The summed E-state index contributed by atoms with van der Waals surface area (Å²) in [5.74, 6) is 0. The van der Waals surface area contributed by atoms with Crippen molar-refractivity contribution in [3.05, 3.63) is 81.9 Å². The van der Waals surface area contributed by atoms with Crippen LogP contribution in [0.1, 0.15) is 56.7 Å². The molecule has 2 aromatic carbocycles. The molecule has 0 saturated heterocycles. The normalized spacial score (nSPS) is 22.9. The average molecular weight is 494 g/mol. The van der Waals surface area contributed by atoms with Crippen molar-refractivity contribution in [1.82, 2.24) is 0 Å². The van der Waals surface area contributed by atoms with Crippen molar-refractivity contribution >= 4 is 35.8 Å². The van der Waals surface area contributed by atoms with Crippen LogP contribution in [0, 0.1) is 0 Å². The van der Waals surface area contributed by atoms with Gasteiger partial charge in [0.1, 0.15) is 0 Å². The Balaban J connectivity index is 1.94. The molecule has 141 valence electrons. The minimum atomic E-state index is -4.24. The fraction of sp³-hybridized carbons (Fsp3) is 0.304. The molecule has 2 atom stereocenters. The third-order valence-corrected chi connectivity index (χ3v) is 44.4. The molecule has 27 heavy (non-hydrogen) atoms. The van der Waals surface area contributed by atoms with Crippen molar-refractivity contribution in [2.24, 2.45) is 0 Å². The SMILES string of the molecule is CCC[SiH2][Zr]([Cl])([Cl])([CH]1C(C)=Cc2ccccc21)[CH]1C(C)=Cc2ccccc21. The van der Waals surface area contributed by atoms with Crippen LogP contribution in [0.4, 0.5) is 0 Å². The molecule has 0 N–H and O–H groups in total. The first-order valence-electron chi connectivity index (χ1n) is 9.98. The van der Waals surface area contributed by atoms with E-state index in [2.05, 4.69) is 81.5 Å². The molecule has 4 rings (SSSR count). The Morgan fingerprint density at radius 2 is 1.26 bits per heavy atom. The fourth-order valence-electron chi connectivity index (χ4n) is 5.49. The summed E-state index contributed by atoms with van der Waals surface area (Å²) in [4.78, 5) is 0. The zero-order valence-electron chi connectivity index (χ0n) is 16.3. The Bertz CT molecular complexity index is 889. The van der Waals surface area contributed by atoms with Gasteiger partial charge in [-0.25, -0.2) is 0 Å². The number of allylic oxidation sites excluding steroid dienone is 2. The molecule has 0 aliphatic heterocycles. The van der Waals surface area contributed by atoms with E-state index in [0.717, 1.165) is 0 Å². The van der Waals surface area contributed by atoms with Crippen molar-refractivity contribution in [2.75, 3.05) is 0 Å². The summed E-state index contributed by atoms with van der Waals surface area (Å²) < 4.78 is 0.507. The van der Waals surface area contributed by atoms with Gasteiger partial charge in [0.25, 0.3) is 0 Å². The first-order valence-corrected chi connectivity index (χ1v) is 26.1. The van der Waals surface area contributed by atoms with Crippen LogP contribution in [-0.2, 0) is 15.6 Å². The Morgan fingerprint density at radius 1 is 0.815 bits per heavy atom. The van der Waals surface area contributed by atoms with Gasteiger partial charge in [-0.05, 0) is 0 Å². The van der Waals surface area contributed by atoms with Crippen LogP contribution < -0.4 is 0 Å². The number of hydrogen-bond acceptors (Lipinski definition) is 0. The van der Waals surface area contributed by atoms with Crippen LogP contribution >= 0.6 is 17.0 Å². The van der Waals surface area contributed by atoms with Gasteiger partial charge >= 0.3 is 174 Å². The van der Waals surface area contributed by atoms with Crippen LogP contribution in [-0.4, -0.2) is 6.65 Å². The maximum absolute atomic E-state index is 7.99. The van der Waals surface area contributed by atoms with Crippen LogP contribution in [0.15, 0.2) is 59.7 Å². The van der Waals surface area contributed by atoms with Crippen molar-refractivity contribution in [3.63, 3.8) is 0 Å². The second-order valence-electron chi connectivity index (χ2n) is 8.35. The van der Waals surface area contributed by atoms with Gasteiger partial charge in [0, 0.05) is 0 Å². The monoisotopic (exact) mass is 491 g/mol. The van der Waals surface area contributed by atoms with Gasteiger partial charge in [-0.3, -0.25) is 0 Å². The van der Waals surface area contributed by atoms with Gasteiger partial charge in [0.05, 0.1) is 0 Å². The summed E-state index contributed by atoms with van der Waals surface area (Å²) in [5.41, 5.74) is 8.17. The number of benzene rings is 2. The molecule has 0 fully saturated rings. The molecule has 0 saturated carbocycles. The standard InChI is InChI=1S/2C10H9.C3H9Si.2ClH.Zr/c2*1-8-6-9-4-2-3-5-10(9)7-8;1-2-3-4;;;/h2*2-7H,1H3;2-4H2,1H3;2*1H;/q;;;;;+2/p-2. The molecule has 2 aromatic rings. The predicted octanol–water partition coefficient (Wildman–Crippen LogP) is 7.21. The molecule has 0 spiro atoms. The summed E-state index contributed by atoms with van der Waals surface area (Å²) in [6, 6.07) is 18.7. The summed E-state index contributed by atoms with van der Waals surface area (Å²) in [7, 11) is 16.0. The third-order valence-electron chi connectivity index (χ3n) is 6.48. The Labute approximate surface area is 172 Å². The molecule has 0 bridgehead atoms. The zero-order valence-corrected chi connectivity index (χ0v) is 21.7. The summed E-state index contributed by atoms with van der Waals surface area (Å²) in [6.07, 6.45) is 5.85. The van der Waals surface area contributed by atoms with Crippen LogP contribution in [0.5, 0.6) is 0 Å². The molecule has 2 aliphatic rings. The van der Waals surface area contributed by atoms with Gasteiger partial charge in [-0.15, -0.1) is 0 Å². The third kappa shape index (κ3) is 3.12. The molecule has 0 amide bonds. The minimum absolute atomic E-state index is 0.253. The van der Waals surface area contributed by atoms with Gasteiger partial charge in [-0.2, -0.15) is 0 Å². The van der Waals surface area contributed by atoms with Crippen molar-refractivity contribution < 1.29 is 15.6 Å². The summed E-state index contributed by atoms with van der Waals surface area (Å²) in [6.45, 7) is 6.17. The van der Waals surface area contributed by atoms with E-state index in [4.69, 9.17) is 17.0 Å². The molecule has 0 radical (unpaired) electrons. The quantitative estimate of drug-likeness (QED) is 0.386. The van der Waals surface area contributed by atoms with E-state index in [9.17, 15) is 0 Å². The Morgan fingerprint density at radius 3 is 1.70 bits per heavy atom. The number of fused-ring (bicyclic) bond motifs is 2. The summed E-state index contributed by atoms with van der Waals surface area (Å²) >= 11 is -4.24. The van der Waals surface area contributed by atoms with E-state index < -0.39 is 22.2 Å². The second kappa shape index (κ2) is 7.13. The van der Waals surface area contributed by atoms with Gasteiger partial charge < -0.3 is 0 Å². The van der Waals surface area contributed by atoms with E-state index in [0.29, 0.717) is 0 Å². The van der Waals surface area contributed by atoms with E-state index in [1.807, 2.05) is 0 Å². The topological polar surface area (TPSA) is 0 Å². The first kappa shape index (κ1) is 19.9. The maximum atomic E-state index is 7.99. The van der Waals surface area contributed by atoms with Gasteiger partial charge in [-0.1, -0.05) is 0 Å². The number of halogens is 2. The zero-order chi connectivity index (χ0) is 19.3. The first-order chi connectivity index (χ1) is 12.9. The fourth-order valence-corrected chi connectivity index (χ4v) is 47.2. The molecule has 0 nitrogen and oxygen atoms in total. The second-order valence-corrected chi connectivity index (χ2v) is 48.7. The average Bonchev–Trinajstić information content (AvgIpc) is 3.16. The van der Waals surface area contributed by atoms with E-state index in [1.54, 1.807) is 0 Å². The molecular formula is C23H27Cl2SiZr. The molecule has 4 heteroatoms. The number of rotatable bonds is 5. The molecule has 0 heterocycles. The van der Waals surface area contributed by atoms with Crippen molar-refractivity contribution in [3.8, 4) is 0 Å². The molecular weight excluding hydrogens is 466 g/mol. The number of hydrogen-bond donors (Lipinski definition) is 0. The van der Waals surface area contributed by atoms with Crippen LogP contribution in [0.25, 0.3) is 12.2 Å². The molecule has 0 aromatic heterocycles. The summed E-state index contributed by atoms with van der Waals surface area (Å²) in [5, 5.41) is 0. The van der Waals surface area contributed by atoms with Crippen LogP contribution in [0.3, 0.4) is 0 Å². The van der Waals surface area contributed by atoms with E-state index >= 15 is 0 Å². The Hall–Kier alpha value is -0.400. The predicted molar refractivity (Wildman–Crippen MR) is 121 cm³/mol. The molecule has 2 unspecified atom stereocenters. The van der Waals surface area contributed by atoms with Gasteiger partial charge in [0.2, 0.25) is 0 Å². The van der Waals surface area contributed by atoms with Crippen molar-refractivity contribution in [1.29, 1.82) is 0 Å². The van der Waals surface area contributed by atoms with Gasteiger partial charge in [0.15, 0.2) is 0 Å². The van der Waals surface area contributed by atoms with Crippen LogP contribution in [0.2, 0.25) is 6.04 Å². The van der Waals surface area contributed by atoms with E-state index in [-0.39, 0.29) is 7.25 Å². The van der Waals surface area contributed by atoms with E-state index in [1.165, 1.54) is 45.9 Å². The Kier molecular flexibility index (Phi) is 5.26. The van der Waals surface area contributed by atoms with Crippen molar-refractivity contribution in [2.45, 2.75) is 40.5 Å².